The first-order valence-corrected chi connectivity index (χ1v) is 8.51. The molecule has 2 aromatic rings. The van der Waals surface area contributed by atoms with Crippen molar-refractivity contribution >= 4 is 11.9 Å². The fourth-order valence-corrected chi connectivity index (χ4v) is 2.68. The molecule has 1 atom stereocenters. The number of amides is 1. The molecule has 0 N–H and O–H groups in total. The van der Waals surface area contributed by atoms with Gasteiger partial charge in [0.2, 0.25) is 0 Å². The molecule has 0 aliphatic carbocycles. The van der Waals surface area contributed by atoms with Crippen LogP contribution in [0.25, 0.3) is 0 Å². The van der Waals surface area contributed by atoms with Gasteiger partial charge in [-0.2, -0.15) is 0 Å². The van der Waals surface area contributed by atoms with Crippen LogP contribution in [0.3, 0.4) is 0 Å². The highest BCUT2D eigenvalue weighted by atomic mass is 16.5. The number of aryl methyl sites for hydroxylation is 1. The predicted molar refractivity (Wildman–Crippen MR) is 100 cm³/mol. The molecular weight excluding hydrogens is 330 g/mol. The zero-order valence-electron chi connectivity index (χ0n) is 15.7. The van der Waals surface area contributed by atoms with Crippen molar-refractivity contribution in [1.82, 2.24) is 4.90 Å². The molecule has 2 aromatic carbocycles. The summed E-state index contributed by atoms with van der Waals surface area (Å²) in [5.41, 5.74) is 2.68. The molecule has 5 heteroatoms. The molecule has 26 heavy (non-hydrogen) atoms. The van der Waals surface area contributed by atoms with Crippen molar-refractivity contribution in [3.63, 3.8) is 0 Å². The van der Waals surface area contributed by atoms with Gasteiger partial charge in [-0.05, 0) is 30.7 Å². The standard InChI is InChI=1S/C21H25NO4/c1-15-8-10-17(11-9-15)14-22(13-16(2)21(24)26-4)20(23)18-6-5-7-19(12-18)25-3/h5-12,16H,13-14H2,1-4H3. The lowest BCUT2D eigenvalue weighted by atomic mass is 10.1. The van der Waals surface area contributed by atoms with Crippen LogP contribution < -0.4 is 4.74 Å². The van der Waals surface area contributed by atoms with Crippen molar-refractivity contribution in [2.75, 3.05) is 20.8 Å². The Labute approximate surface area is 154 Å². The molecule has 138 valence electrons. The molecular formula is C21H25NO4. The van der Waals surface area contributed by atoms with Gasteiger partial charge in [0.25, 0.3) is 5.91 Å². The van der Waals surface area contributed by atoms with Gasteiger partial charge < -0.3 is 14.4 Å². The molecule has 0 saturated heterocycles. The third-order valence-corrected chi connectivity index (χ3v) is 4.20. The maximum Gasteiger partial charge on any atom is 0.310 e. The first-order chi connectivity index (χ1) is 12.4. The molecule has 1 unspecified atom stereocenters. The molecule has 0 aliphatic heterocycles. The van der Waals surface area contributed by atoms with Crippen molar-refractivity contribution in [2.45, 2.75) is 20.4 Å². The first kappa shape index (κ1) is 19.5. The zero-order valence-corrected chi connectivity index (χ0v) is 15.7. The van der Waals surface area contributed by atoms with Crippen LogP contribution in [0.2, 0.25) is 0 Å². The minimum absolute atomic E-state index is 0.153. The van der Waals surface area contributed by atoms with Crippen LogP contribution in [0.15, 0.2) is 48.5 Å². The molecule has 0 saturated carbocycles. The summed E-state index contributed by atoms with van der Waals surface area (Å²) in [4.78, 5) is 26.5. The van der Waals surface area contributed by atoms with Crippen LogP contribution in [0.4, 0.5) is 0 Å². The van der Waals surface area contributed by atoms with Crippen molar-refractivity contribution in [3.8, 4) is 5.75 Å². The van der Waals surface area contributed by atoms with Crippen molar-refractivity contribution < 1.29 is 19.1 Å². The van der Waals surface area contributed by atoms with Gasteiger partial charge in [-0.3, -0.25) is 9.59 Å². The number of carbonyl (C=O) groups excluding carboxylic acids is 2. The first-order valence-electron chi connectivity index (χ1n) is 8.51. The molecule has 0 aliphatic rings. The number of hydrogen-bond acceptors (Lipinski definition) is 4. The van der Waals surface area contributed by atoms with E-state index >= 15 is 0 Å². The largest absolute Gasteiger partial charge is 0.497 e. The van der Waals surface area contributed by atoms with E-state index in [1.54, 1.807) is 43.2 Å². The minimum atomic E-state index is -0.417. The fraction of sp³-hybridized carbons (Fsp3) is 0.333. The van der Waals surface area contributed by atoms with Gasteiger partial charge in [0.05, 0.1) is 20.1 Å². The van der Waals surface area contributed by atoms with Gasteiger partial charge in [-0.25, -0.2) is 0 Å². The van der Waals surface area contributed by atoms with Gasteiger partial charge in [0, 0.05) is 18.7 Å². The second kappa shape index (κ2) is 9.04. The minimum Gasteiger partial charge on any atom is -0.497 e. The number of hydrogen-bond donors (Lipinski definition) is 0. The summed E-state index contributed by atoms with van der Waals surface area (Å²) in [6.07, 6.45) is 0. The van der Waals surface area contributed by atoms with Crippen LogP contribution >= 0.6 is 0 Å². The Morgan fingerprint density at radius 2 is 1.77 bits per heavy atom. The van der Waals surface area contributed by atoms with Gasteiger partial charge in [-0.15, -0.1) is 0 Å². The monoisotopic (exact) mass is 355 g/mol. The van der Waals surface area contributed by atoms with Crippen LogP contribution in [0.5, 0.6) is 5.75 Å². The van der Waals surface area contributed by atoms with E-state index in [9.17, 15) is 9.59 Å². The van der Waals surface area contributed by atoms with Crippen LogP contribution in [0.1, 0.15) is 28.4 Å². The second-order valence-electron chi connectivity index (χ2n) is 6.33. The molecule has 0 aromatic heterocycles. The summed E-state index contributed by atoms with van der Waals surface area (Å²) in [5, 5.41) is 0. The molecule has 2 rings (SSSR count). The van der Waals surface area contributed by atoms with E-state index < -0.39 is 5.92 Å². The fourth-order valence-electron chi connectivity index (χ4n) is 2.68. The van der Waals surface area contributed by atoms with Crippen LogP contribution in [-0.4, -0.2) is 37.5 Å². The van der Waals surface area contributed by atoms with E-state index in [-0.39, 0.29) is 18.4 Å². The highest BCUT2D eigenvalue weighted by Gasteiger charge is 2.23. The number of esters is 1. The summed E-state index contributed by atoms with van der Waals surface area (Å²) in [7, 11) is 2.92. The Morgan fingerprint density at radius 3 is 2.38 bits per heavy atom. The van der Waals surface area contributed by atoms with E-state index in [4.69, 9.17) is 9.47 Å². The number of benzene rings is 2. The molecule has 0 spiro atoms. The molecule has 0 radical (unpaired) electrons. The zero-order chi connectivity index (χ0) is 19.1. The lowest BCUT2D eigenvalue weighted by Crippen LogP contribution is -2.36. The highest BCUT2D eigenvalue weighted by molar-refractivity contribution is 5.94. The van der Waals surface area contributed by atoms with Gasteiger partial charge in [-0.1, -0.05) is 42.8 Å². The number of nitrogens with zero attached hydrogens (tertiary/aromatic N) is 1. The Hall–Kier alpha value is -2.82. The normalized spacial score (nSPS) is 11.5. The quantitative estimate of drug-likeness (QED) is 0.714. The average molecular weight is 355 g/mol. The summed E-state index contributed by atoms with van der Waals surface area (Å²) in [6.45, 7) is 4.46. The van der Waals surface area contributed by atoms with E-state index in [0.717, 1.165) is 11.1 Å². The van der Waals surface area contributed by atoms with Gasteiger partial charge in [0.15, 0.2) is 0 Å². The molecule has 0 heterocycles. The smallest absolute Gasteiger partial charge is 0.310 e. The maximum absolute atomic E-state index is 13.0. The highest BCUT2D eigenvalue weighted by Crippen LogP contribution is 2.18. The van der Waals surface area contributed by atoms with Crippen LogP contribution in [0, 0.1) is 12.8 Å². The third kappa shape index (κ3) is 5.09. The number of methoxy groups -OCH3 is 2. The number of ether oxygens (including phenoxy) is 2. The second-order valence-corrected chi connectivity index (χ2v) is 6.33. The van der Waals surface area contributed by atoms with E-state index in [1.807, 2.05) is 31.2 Å². The molecule has 0 fully saturated rings. The Morgan fingerprint density at radius 1 is 1.08 bits per heavy atom. The van der Waals surface area contributed by atoms with Gasteiger partial charge >= 0.3 is 5.97 Å². The SMILES string of the molecule is COC(=O)C(C)CN(Cc1ccc(C)cc1)C(=O)c1cccc(OC)c1. The molecule has 1 amide bonds. The number of carbonyl (C=O) groups is 2. The summed E-state index contributed by atoms with van der Waals surface area (Å²) < 4.78 is 10.0. The third-order valence-electron chi connectivity index (χ3n) is 4.20. The van der Waals surface area contributed by atoms with Crippen molar-refractivity contribution in [2.24, 2.45) is 5.92 Å². The average Bonchev–Trinajstić information content (AvgIpc) is 2.67. The lowest BCUT2D eigenvalue weighted by molar-refractivity contribution is -0.145. The van der Waals surface area contributed by atoms with E-state index in [1.165, 1.54) is 7.11 Å². The van der Waals surface area contributed by atoms with E-state index in [2.05, 4.69) is 0 Å². The maximum atomic E-state index is 13.0. The van der Waals surface area contributed by atoms with Crippen LogP contribution in [-0.2, 0) is 16.1 Å². The summed E-state index contributed by atoms with van der Waals surface area (Å²) in [6, 6.07) is 15.0. The molecule has 5 nitrogen and oxygen atoms in total. The Kier molecular flexibility index (Phi) is 6.78. The van der Waals surface area contributed by atoms with Gasteiger partial charge in [0.1, 0.15) is 5.75 Å². The topological polar surface area (TPSA) is 55.8 Å². The summed E-state index contributed by atoms with van der Waals surface area (Å²) >= 11 is 0. The predicted octanol–water partition coefficient (Wildman–Crippen LogP) is 3.46. The number of rotatable bonds is 7. The summed E-state index contributed by atoms with van der Waals surface area (Å²) in [5.74, 6) is -0.287. The lowest BCUT2D eigenvalue weighted by Gasteiger charge is -2.25. The van der Waals surface area contributed by atoms with Crippen molar-refractivity contribution in [3.05, 3.63) is 65.2 Å². The Bertz CT molecular complexity index is 755. The van der Waals surface area contributed by atoms with Crippen molar-refractivity contribution in [1.29, 1.82) is 0 Å². The molecule has 0 bridgehead atoms. The Balaban J connectivity index is 2.27. The van der Waals surface area contributed by atoms with E-state index in [0.29, 0.717) is 17.9 Å².